The fourth-order valence-corrected chi connectivity index (χ4v) is 2.11. The molecule has 0 aliphatic carbocycles. The number of hydrogen-bond donors (Lipinski definition) is 0. The molecule has 0 radical (unpaired) electrons. The molecule has 1 aliphatic heterocycles. The van der Waals surface area contributed by atoms with Gasteiger partial charge in [-0.2, -0.15) is 0 Å². The number of halogens is 1. The second-order valence-electron chi connectivity index (χ2n) is 3.87. The van der Waals surface area contributed by atoms with Crippen molar-refractivity contribution in [1.29, 1.82) is 5.26 Å². The van der Waals surface area contributed by atoms with Crippen LogP contribution in [0.1, 0.15) is 17.2 Å². The van der Waals surface area contributed by atoms with Crippen LogP contribution in [-0.4, -0.2) is 6.71 Å². The van der Waals surface area contributed by atoms with Crippen LogP contribution >= 0.6 is 11.6 Å². The predicted molar refractivity (Wildman–Crippen MR) is 61.0 cm³/mol. The highest BCUT2D eigenvalue weighted by molar-refractivity contribution is 6.65. The van der Waals surface area contributed by atoms with Crippen LogP contribution in [0.4, 0.5) is 0 Å². The van der Waals surface area contributed by atoms with Crippen molar-refractivity contribution in [2.75, 3.05) is 0 Å². The van der Waals surface area contributed by atoms with Crippen molar-refractivity contribution in [2.24, 2.45) is 0 Å². The van der Waals surface area contributed by atoms with Crippen LogP contribution < -0.4 is 0 Å². The largest absolute Gasteiger partial charge is 0.369 e. The highest BCUT2D eigenvalue weighted by Gasteiger charge is 2.27. The maximum atomic E-state index is 8.77. The molecule has 0 N–H and O–H groups in total. The highest BCUT2D eigenvalue weighted by Crippen LogP contribution is 2.37. The lowest BCUT2D eigenvalue weighted by Crippen LogP contribution is -2.09. The molecule has 0 amide bonds. The molecule has 1 aromatic carbocycles. The first kappa shape index (κ1) is 10.5. The van der Waals surface area contributed by atoms with E-state index in [0.29, 0.717) is 6.61 Å². The van der Waals surface area contributed by atoms with Gasteiger partial charge < -0.3 is 4.74 Å². The summed E-state index contributed by atoms with van der Waals surface area (Å²) in [6.07, 6.45) is 0.775. The van der Waals surface area contributed by atoms with Gasteiger partial charge in [-0.3, -0.25) is 0 Å². The van der Waals surface area contributed by atoms with E-state index in [1.54, 1.807) is 0 Å². The van der Waals surface area contributed by atoms with E-state index in [0.717, 1.165) is 22.5 Å². The third-order valence-corrected chi connectivity index (χ3v) is 3.07. The molecule has 1 aliphatic rings. The number of hydrogen-bond acceptors (Lipinski definition) is 2. The lowest BCUT2D eigenvalue weighted by Gasteiger charge is -2.10. The molecule has 1 heterocycles. The normalized spacial score (nSPS) is 18.3. The molecule has 0 spiro atoms. The van der Waals surface area contributed by atoms with Gasteiger partial charge in [0.1, 0.15) is 0 Å². The first-order valence-electron chi connectivity index (χ1n) is 5.01. The van der Waals surface area contributed by atoms with E-state index < -0.39 is 0 Å². The van der Waals surface area contributed by atoms with Crippen molar-refractivity contribution in [1.82, 2.24) is 0 Å². The fraction of sp³-hybridized carbons (Fsp3) is 0.364. The predicted octanol–water partition coefficient (Wildman–Crippen LogP) is 3.10. The van der Waals surface area contributed by atoms with Crippen molar-refractivity contribution in [3.8, 4) is 5.97 Å². The number of fused-ring (bicyclic) bond motifs is 1. The molecule has 0 fully saturated rings. The standard InChI is InChI=1S/C11H11BClNO/c1-12(7-14)5-11-8-3-2-4-10(13)9(8)6-15-11/h2-4,11H,5-6H2,1H3. The van der Waals surface area contributed by atoms with Crippen LogP contribution in [0.2, 0.25) is 18.2 Å². The van der Waals surface area contributed by atoms with E-state index in [2.05, 4.69) is 5.97 Å². The Morgan fingerprint density at radius 1 is 1.67 bits per heavy atom. The summed E-state index contributed by atoms with van der Waals surface area (Å²) >= 11 is 6.06. The van der Waals surface area contributed by atoms with Crippen LogP contribution in [0.3, 0.4) is 0 Å². The van der Waals surface area contributed by atoms with E-state index >= 15 is 0 Å². The van der Waals surface area contributed by atoms with Crippen molar-refractivity contribution in [3.05, 3.63) is 34.3 Å². The second-order valence-corrected chi connectivity index (χ2v) is 4.28. The summed E-state index contributed by atoms with van der Waals surface area (Å²) in [5.41, 5.74) is 2.22. The third kappa shape index (κ3) is 2.02. The summed E-state index contributed by atoms with van der Waals surface area (Å²) in [4.78, 5) is 0. The van der Waals surface area contributed by atoms with Crippen LogP contribution in [0.5, 0.6) is 0 Å². The molecule has 0 saturated heterocycles. The molecule has 1 atom stereocenters. The Balaban J connectivity index is 2.22. The van der Waals surface area contributed by atoms with Crippen LogP contribution in [0, 0.1) is 11.2 Å². The monoisotopic (exact) mass is 219 g/mol. The Morgan fingerprint density at radius 3 is 3.20 bits per heavy atom. The summed E-state index contributed by atoms with van der Waals surface area (Å²) in [5.74, 6) is 2.22. The molecule has 0 aromatic heterocycles. The quantitative estimate of drug-likeness (QED) is 0.716. The van der Waals surface area contributed by atoms with Crippen molar-refractivity contribution < 1.29 is 4.74 Å². The van der Waals surface area contributed by atoms with Crippen LogP contribution in [-0.2, 0) is 11.3 Å². The molecule has 15 heavy (non-hydrogen) atoms. The lowest BCUT2D eigenvalue weighted by atomic mass is 9.50. The molecule has 1 aromatic rings. The van der Waals surface area contributed by atoms with E-state index in [9.17, 15) is 0 Å². The van der Waals surface area contributed by atoms with Crippen LogP contribution in [0.15, 0.2) is 18.2 Å². The van der Waals surface area contributed by atoms with Crippen molar-refractivity contribution in [2.45, 2.75) is 25.9 Å². The molecular formula is C11H11BClNO. The lowest BCUT2D eigenvalue weighted by molar-refractivity contribution is 0.0793. The zero-order valence-electron chi connectivity index (χ0n) is 8.53. The SMILES string of the molecule is CB(C#N)CC1OCc2c(Cl)cccc21. The maximum absolute atomic E-state index is 8.77. The molecule has 4 heteroatoms. The zero-order chi connectivity index (χ0) is 10.8. The molecule has 0 bridgehead atoms. The molecule has 0 saturated carbocycles. The van der Waals surface area contributed by atoms with Gasteiger partial charge in [-0.1, -0.05) is 30.6 Å². The minimum absolute atomic E-state index is 0.0138. The molecular weight excluding hydrogens is 208 g/mol. The average Bonchev–Trinajstić information content (AvgIpc) is 2.63. The van der Waals surface area contributed by atoms with Crippen molar-refractivity contribution in [3.63, 3.8) is 0 Å². The minimum atomic E-state index is 0.0138. The summed E-state index contributed by atoms with van der Waals surface area (Å²) in [6, 6.07) is 5.84. The topological polar surface area (TPSA) is 33.0 Å². The van der Waals surface area contributed by atoms with Gasteiger partial charge in [0.15, 0.2) is 0 Å². The smallest absolute Gasteiger partial charge is 0.267 e. The van der Waals surface area contributed by atoms with Gasteiger partial charge in [-0.05, 0) is 17.9 Å². The van der Waals surface area contributed by atoms with E-state index in [4.69, 9.17) is 21.6 Å². The Kier molecular flexibility index (Phi) is 2.99. The molecule has 1 unspecified atom stereocenters. The third-order valence-electron chi connectivity index (χ3n) is 2.72. The summed E-state index contributed by atoms with van der Waals surface area (Å²) in [5, 5.41) is 9.53. The van der Waals surface area contributed by atoms with Gasteiger partial charge in [0.2, 0.25) is 0 Å². The van der Waals surface area contributed by atoms with Crippen LogP contribution in [0.25, 0.3) is 0 Å². The minimum Gasteiger partial charge on any atom is -0.369 e. The average molecular weight is 219 g/mol. The van der Waals surface area contributed by atoms with E-state index in [1.807, 2.05) is 25.0 Å². The number of ether oxygens (including phenoxy) is 1. The van der Waals surface area contributed by atoms with Crippen molar-refractivity contribution >= 4 is 18.3 Å². The Bertz CT molecular complexity index is 416. The number of nitrogens with zero attached hydrogens (tertiary/aromatic N) is 1. The zero-order valence-corrected chi connectivity index (χ0v) is 9.29. The summed E-state index contributed by atoms with van der Waals surface area (Å²) in [7, 11) is 0. The van der Waals surface area contributed by atoms with E-state index in [-0.39, 0.29) is 12.8 Å². The molecule has 2 nitrogen and oxygen atoms in total. The van der Waals surface area contributed by atoms with Gasteiger partial charge in [-0.15, -0.1) is 0 Å². The van der Waals surface area contributed by atoms with Gasteiger partial charge in [0, 0.05) is 16.6 Å². The Morgan fingerprint density at radius 2 is 2.47 bits per heavy atom. The Hall–Kier alpha value is -0.975. The first-order chi connectivity index (χ1) is 7.22. The second kappa shape index (κ2) is 4.26. The van der Waals surface area contributed by atoms with Gasteiger partial charge in [-0.25, -0.2) is 5.26 Å². The van der Waals surface area contributed by atoms with Gasteiger partial charge in [0.05, 0.1) is 12.7 Å². The Labute approximate surface area is 94.9 Å². The van der Waals surface area contributed by atoms with E-state index in [1.165, 1.54) is 0 Å². The summed E-state index contributed by atoms with van der Waals surface area (Å²) in [6.45, 7) is 2.49. The number of benzene rings is 1. The molecule has 76 valence electrons. The number of nitriles is 1. The number of rotatable bonds is 2. The highest BCUT2D eigenvalue weighted by atomic mass is 35.5. The maximum Gasteiger partial charge on any atom is 0.267 e. The fourth-order valence-electron chi connectivity index (χ4n) is 1.87. The molecule has 2 rings (SSSR count). The van der Waals surface area contributed by atoms with Gasteiger partial charge >= 0.3 is 0 Å². The first-order valence-corrected chi connectivity index (χ1v) is 5.38. The summed E-state index contributed by atoms with van der Waals surface area (Å²) < 4.78 is 5.64. The van der Waals surface area contributed by atoms with Gasteiger partial charge in [0.25, 0.3) is 6.71 Å².